The topological polar surface area (TPSA) is 150 Å². The highest BCUT2D eigenvalue weighted by Gasteiger charge is 2.64. The molecule has 2 aliphatic rings. The van der Waals surface area contributed by atoms with Crippen LogP contribution in [-0.4, -0.2) is 57.0 Å². The predicted molar refractivity (Wildman–Crippen MR) is 103 cm³/mol. The van der Waals surface area contributed by atoms with Gasteiger partial charge >= 0.3 is 11.9 Å². The van der Waals surface area contributed by atoms with Crippen LogP contribution >= 0.6 is 11.8 Å². The Hall–Kier alpha value is -3.26. The minimum Gasteiger partial charge on any atom is -0.477 e. The minimum atomic E-state index is -1.39. The molecule has 1 aromatic rings. The molecule has 0 unspecified atom stereocenters. The second-order valence-electron chi connectivity index (χ2n) is 6.81. The van der Waals surface area contributed by atoms with E-state index >= 15 is 0 Å². The third-order valence-corrected chi connectivity index (χ3v) is 6.25. The van der Waals surface area contributed by atoms with Crippen LogP contribution in [0.1, 0.15) is 25.5 Å². The highest BCUT2D eigenvalue weighted by molar-refractivity contribution is 8.00. The van der Waals surface area contributed by atoms with E-state index < -0.39 is 34.7 Å². The lowest BCUT2D eigenvalue weighted by Gasteiger charge is -2.57. The summed E-state index contributed by atoms with van der Waals surface area (Å²) < 4.78 is 10.1. The molecule has 2 amide bonds. The average molecular weight is 433 g/mol. The Labute approximate surface area is 175 Å². The van der Waals surface area contributed by atoms with Gasteiger partial charge in [-0.3, -0.25) is 19.3 Å². The van der Waals surface area contributed by atoms with Gasteiger partial charge in [-0.05, 0) is 18.6 Å². The van der Waals surface area contributed by atoms with E-state index in [1.165, 1.54) is 24.9 Å². The summed E-state index contributed by atoms with van der Waals surface area (Å²) in [5.74, 6) is -2.36. The first-order chi connectivity index (χ1) is 14.3. The van der Waals surface area contributed by atoms with Crippen molar-refractivity contribution in [1.29, 1.82) is 5.26 Å². The maximum Gasteiger partial charge on any atom is 0.352 e. The Morgan fingerprint density at radius 3 is 2.87 bits per heavy atom. The number of thioether (sulfide) groups is 1. The molecule has 3 rings (SSSR count). The number of carbonyl (C=O) groups is 4. The summed E-state index contributed by atoms with van der Waals surface area (Å²) in [7, 11) is 0. The van der Waals surface area contributed by atoms with E-state index in [1.54, 1.807) is 12.1 Å². The highest BCUT2D eigenvalue weighted by Crippen LogP contribution is 2.48. The van der Waals surface area contributed by atoms with Crippen molar-refractivity contribution in [1.82, 2.24) is 10.2 Å². The van der Waals surface area contributed by atoms with Gasteiger partial charge in [0.15, 0.2) is 5.54 Å². The molecule has 11 heteroatoms. The molecule has 0 radical (unpaired) electrons. The number of rotatable bonds is 8. The van der Waals surface area contributed by atoms with Crippen LogP contribution in [0, 0.1) is 11.3 Å². The molecule has 2 atom stereocenters. The molecule has 1 fully saturated rings. The van der Waals surface area contributed by atoms with E-state index in [-0.39, 0.29) is 37.3 Å². The summed E-state index contributed by atoms with van der Waals surface area (Å²) in [6, 6.07) is 5.22. The number of amides is 2. The molecule has 158 valence electrons. The number of nitriles is 1. The van der Waals surface area contributed by atoms with Crippen LogP contribution in [0.15, 0.2) is 34.1 Å². The van der Waals surface area contributed by atoms with Crippen molar-refractivity contribution in [3.05, 3.63) is 35.4 Å². The zero-order valence-corrected chi connectivity index (χ0v) is 16.9. The van der Waals surface area contributed by atoms with E-state index in [2.05, 4.69) is 5.32 Å². The summed E-state index contributed by atoms with van der Waals surface area (Å²) in [6.07, 6.45) is 1.39. The van der Waals surface area contributed by atoms with Crippen LogP contribution in [0.4, 0.5) is 0 Å². The van der Waals surface area contributed by atoms with Gasteiger partial charge in [0.05, 0.1) is 18.8 Å². The maximum absolute atomic E-state index is 13.1. The van der Waals surface area contributed by atoms with Gasteiger partial charge in [0.1, 0.15) is 23.4 Å². The number of hydrogen-bond donors (Lipinski definition) is 2. The maximum atomic E-state index is 13.1. The van der Waals surface area contributed by atoms with Gasteiger partial charge in [-0.2, -0.15) is 5.26 Å². The van der Waals surface area contributed by atoms with Crippen molar-refractivity contribution in [3.8, 4) is 6.07 Å². The number of aliphatic carboxylic acids is 1. The lowest BCUT2D eigenvalue weighted by molar-refractivity contribution is -0.159. The third kappa shape index (κ3) is 3.91. The first-order valence-electron chi connectivity index (χ1n) is 9.04. The van der Waals surface area contributed by atoms with Gasteiger partial charge in [-0.1, -0.05) is 0 Å². The predicted octanol–water partition coefficient (Wildman–Crippen LogP) is 0.798. The number of carbonyl (C=O) groups excluding carboxylic acids is 3. The molecule has 0 saturated carbocycles. The van der Waals surface area contributed by atoms with Crippen molar-refractivity contribution in [2.24, 2.45) is 0 Å². The van der Waals surface area contributed by atoms with Gasteiger partial charge in [0.25, 0.3) is 5.91 Å². The van der Waals surface area contributed by atoms with Crippen LogP contribution < -0.4 is 5.32 Å². The SMILES string of the molecule is CC(=O)OCC1=C(C(=O)O)N2C(=O)[C@@](CCC#N)(NC(=O)Cc3ccco3)[C@H]2SC1. The zero-order chi connectivity index (χ0) is 21.9. The molecule has 2 aliphatic heterocycles. The molecular formula is C19H19N3O7S. The van der Waals surface area contributed by atoms with E-state index in [0.717, 1.165) is 4.90 Å². The molecule has 2 N–H and O–H groups in total. The number of fused-ring (bicyclic) bond motifs is 1. The van der Waals surface area contributed by atoms with Crippen LogP contribution in [0.2, 0.25) is 0 Å². The zero-order valence-electron chi connectivity index (χ0n) is 16.0. The number of carboxylic acid groups (broad SMARTS) is 1. The van der Waals surface area contributed by atoms with Crippen LogP contribution in [-0.2, 0) is 30.3 Å². The fourth-order valence-corrected chi connectivity index (χ4v) is 5.01. The molecule has 10 nitrogen and oxygen atoms in total. The molecule has 0 bridgehead atoms. The van der Waals surface area contributed by atoms with Crippen molar-refractivity contribution >= 4 is 35.5 Å². The van der Waals surface area contributed by atoms with Gasteiger partial charge < -0.3 is 19.6 Å². The van der Waals surface area contributed by atoms with Crippen LogP contribution in [0.3, 0.4) is 0 Å². The quantitative estimate of drug-likeness (QED) is 0.448. The number of nitrogens with zero attached hydrogens (tertiary/aromatic N) is 2. The van der Waals surface area contributed by atoms with Gasteiger partial charge in [0, 0.05) is 24.7 Å². The molecule has 0 aliphatic carbocycles. The van der Waals surface area contributed by atoms with Gasteiger partial charge in [-0.25, -0.2) is 4.79 Å². The van der Waals surface area contributed by atoms with Crippen LogP contribution in [0.25, 0.3) is 0 Å². The Morgan fingerprint density at radius 2 is 2.27 bits per heavy atom. The summed E-state index contributed by atoms with van der Waals surface area (Å²) in [5, 5.41) is 20.7. The normalized spacial score (nSPS) is 22.6. The second-order valence-corrected chi connectivity index (χ2v) is 7.88. The molecule has 0 aromatic carbocycles. The standard InChI is InChI=1S/C19H19N3O7S/c1-11(23)29-9-12-10-30-18-19(5-3-6-20,17(27)22(18)15(12)16(25)26)21-14(24)8-13-4-2-7-28-13/h2,4,7,18H,3,5,8-10H2,1H3,(H,21,24)(H,25,26)/t18-,19-/m1/s1. The molecule has 0 spiro atoms. The number of hydrogen-bond acceptors (Lipinski definition) is 8. The largest absolute Gasteiger partial charge is 0.477 e. The third-order valence-electron chi connectivity index (χ3n) is 4.81. The number of nitrogens with one attached hydrogen (secondary N) is 1. The smallest absolute Gasteiger partial charge is 0.352 e. The Balaban J connectivity index is 1.86. The number of β-lactam (4-membered cyclic amide) rings is 1. The Bertz CT molecular complexity index is 950. The van der Waals surface area contributed by atoms with Crippen LogP contribution in [0.5, 0.6) is 0 Å². The van der Waals surface area contributed by atoms with Crippen molar-refractivity contribution in [3.63, 3.8) is 0 Å². The average Bonchev–Trinajstić information content (AvgIpc) is 3.21. The number of ether oxygens (including phenoxy) is 1. The first kappa shape index (κ1) is 21.4. The monoisotopic (exact) mass is 433 g/mol. The summed E-state index contributed by atoms with van der Waals surface area (Å²) in [4.78, 5) is 49.7. The number of furan rings is 1. The van der Waals surface area contributed by atoms with E-state index in [1.807, 2.05) is 6.07 Å². The molecule has 1 saturated heterocycles. The molecular weight excluding hydrogens is 414 g/mol. The van der Waals surface area contributed by atoms with Crippen molar-refractivity contribution < 1.29 is 33.4 Å². The van der Waals surface area contributed by atoms with E-state index in [9.17, 15) is 24.3 Å². The highest BCUT2D eigenvalue weighted by atomic mass is 32.2. The Kier molecular flexibility index (Phi) is 6.17. The summed E-state index contributed by atoms with van der Waals surface area (Å²) in [6.45, 7) is 0.965. The molecule has 30 heavy (non-hydrogen) atoms. The number of esters is 1. The summed E-state index contributed by atoms with van der Waals surface area (Å²) in [5.41, 5.74) is -1.35. The molecule has 1 aromatic heterocycles. The number of carboxylic acids is 1. The van der Waals surface area contributed by atoms with E-state index in [0.29, 0.717) is 11.3 Å². The fraction of sp³-hybridized carbons (Fsp3) is 0.421. The van der Waals surface area contributed by atoms with Crippen molar-refractivity contribution in [2.75, 3.05) is 12.4 Å². The summed E-state index contributed by atoms with van der Waals surface area (Å²) >= 11 is 1.25. The molecule has 3 heterocycles. The van der Waals surface area contributed by atoms with Gasteiger partial charge in [0.2, 0.25) is 5.91 Å². The lowest BCUT2D eigenvalue weighted by Crippen LogP contribution is -2.80. The fourth-order valence-electron chi connectivity index (χ4n) is 3.51. The lowest BCUT2D eigenvalue weighted by atomic mass is 9.81. The minimum absolute atomic E-state index is 0.00406. The van der Waals surface area contributed by atoms with Crippen molar-refractivity contribution in [2.45, 2.75) is 37.1 Å². The second kappa shape index (κ2) is 8.62. The van der Waals surface area contributed by atoms with Gasteiger partial charge in [-0.15, -0.1) is 11.8 Å². The van der Waals surface area contributed by atoms with E-state index in [4.69, 9.17) is 14.4 Å². The first-order valence-corrected chi connectivity index (χ1v) is 10.1. The Morgan fingerprint density at radius 1 is 1.50 bits per heavy atom.